The molecule has 0 bridgehead atoms. The fourth-order valence-electron chi connectivity index (χ4n) is 2.43. The summed E-state index contributed by atoms with van der Waals surface area (Å²) in [5, 5.41) is 11.7. The summed E-state index contributed by atoms with van der Waals surface area (Å²) in [6.45, 7) is 8.61. The summed E-state index contributed by atoms with van der Waals surface area (Å²) in [5.74, 6) is -0.764. The molecule has 1 N–H and O–H groups in total. The lowest BCUT2D eigenvalue weighted by Gasteiger charge is -2.39. The zero-order valence-corrected chi connectivity index (χ0v) is 12.3. The number of nitrogens with zero attached hydrogens (tertiary/aromatic N) is 3. The molecule has 0 saturated carbocycles. The Kier molecular flexibility index (Phi) is 4.76. The molecular weight excluding hydrogens is 262 g/mol. The predicted molar refractivity (Wildman–Crippen MR) is 77.0 cm³/mol. The third kappa shape index (κ3) is 3.67. The lowest BCUT2D eigenvalue weighted by molar-refractivity contribution is -0.136. The average Bonchev–Trinajstić information content (AvgIpc) is 2.85. The van der Waals surface area contributed by atoms with Gasteiger partial charge in [-0.25, -0.2) is 4.98 Å². The van der Waals surface area contributed by atoms with Crippen LogP contribution in [0.3, 0.4) is 0 Å². The molecule has 1 aromatic heterocycles. The quantitative estimate of drug-likeness (QED) is 0.891. The molecule has 0 amide bonds. The van der Waals surface area contributed by atoms with Crippen LogP contribution in [-0.4, -0.2) is 53.2 Å². The molecule has 0 radical (unpaired) electrons. The molecule has 2 rings (SSSR count). The van der Waals surface area contributed by atoms with E-state index in [-0.39, 0.29) is 6.42 Å². The van der Waals surface area contributed by atoms with E-state index in [1.807, 2.05) is 5.38 Å². The molecule has 1 atom stereocenters. The second kappa shape index (κ2) is 6.34. The van der Waals surface area contributed by atoms with Crippen LogP contribution >= 0.6 is 11.3 Å². The van der Waals surface area contributed by atoms with Crippen LogP contribution in [0.2, 0.25) is 0 Å². The zero-order valence-electron chi connectivity index (χ0n) is 11.5. The van der Waals surface area contributed by atoms with Gasteiger partial charge in [-0.15, -0.1) is 11.3 Å². The van der Waals surface area contributed by atoms with Crippen LogP contribution in [0.15, 0.2) is 5.38 Å². The van der Waals surface area contributed by atoms with Gasteiger partial charge in [0.25, 0.3) is 0 Å². The largest absolute Gasteiger partial charge is 0.481 e. The van der Waals surface area contributed by atoms with Crippen LogP contribution in [0, 0.1) is 0 Å². The second-order valence-electron chi connectivity index (χ2n) is 4.94. The smallest absolute Gasteiger partial charge is 0.303 e. The monoisotopic (exact) mass is 283 g/mol. The summed E-state index contributed by atoms with van der Waals surface area (Å²) in [4.78, 5) is 19.9. The van der Waals surface area contributed by atoms with Crippen LogP contribution in [0.5, 0.6) is 0 Å². The fourth-order valence-corrected chi connectivity index (χ4v) is 3.33. The Morgan fingerprint density at radius 3 is 3.00 bits per heavy atom. The van der Waals surface area contributed by atoms with Crippen LogP contribution in [0.25, 0.3) is 0 Å². The molecule has 106 valence electrons. The van der Waals surface area contributed by atoms with Crippen molar-refractivity contribution in [2.75, 3.05) is 31.1 Å². The van der Waals surface area contributed by atoms with Gasteiger partial charge in [0.2, 0.25) is 0 Å². The maximum atomic E-state index is 10.6. The number of aromatic nitrogens is 1. The first-order valence-corrected chi connectivity index (χ1v) is 7.63. The van der Waals surface area contributed by atoms with Gasteiger partial charge in [-0.1, -0.05) is 6.92 Å². The molecule has 5 nitrogen and oxygen atoms in total. The van der Waals surface area contributed by atoms with Crippen molar-refractivity contribution in [2.24, 2.45) is 0 Å². The Morgan fingerprint density at radius 1 is 1.58 bits per heavy atom. The molecule has 1 aromatic rings. The minimum Gasteiger partial charge on any atom is -0.481 e. The van der Waals surface area contributed by atoms with E-state index in [1.165, 1.54) is 0 Å². The number of carboxylic acid groups (broad SMARTS) is 1. The highest BCUT2D eigenvalue weighted by atomic mass is 32.1. The van der Waals surface area contributed by atoms with Crippen LogP contribution in [0.4, 0.5) is 5.13 Å². The number of hydrogen-bond acceptors (Lipinski definition) is 5. The first kappa shape index (κ1) is 14.3. The molecule has 1 fully saturated rings. The van der Waals surface area contributed by atoms with Crippen LogP contribution in [-0.2, 0) is 11.2 Å². The van der Waals surface area contributed by atoms with Gasteiger partial charge in [0.15, 0.2) is 5.13 Å². The van der Waals surface area contributed by atoms with Crippen molar-refractivity contribution in [2.45, 2.75) is 32.7 Å². The summed E-state index contributed by atoms with van der Waals surface area (Å²) in [6.07, 6.45) is 0.680. The molecular formula is C13H21N3O2S. The lowest BCUT2D eigenvalue weighted by Crippen LogP contribution is -2.51. The molecule has 19 heavy (non-hydrogen) atoms. The number of likely N-dealkylation sites (N-methyl/N-ethyl adjacent to an activating group) is 1. The standard InChI is InChI=1S/C13H21N3O2S/c1-3-15-6-7-16(8-10(15)2)13-14-11(9-19-13)4-5-12(17)18/h9-10H,3-8H2,1-2H3,(H,17,18). The summed E-state index contributed by atoms with van der Waals surface area (Å²) in [7, 11) is 0. The van der Waals surface area contributed by atoms with Gasteiger partial charge in [0.1, 0.15) is 0 Å². The van der Waals surface area contributed by atoms with E-state index in [9.17, 15) is 4.79 Å². The van der Waals surface area contributed by atoms with Crippen molar-refractivity contribution in [3.05, 3.63) is 11.1 Å². The normalized spacial score (nSPS) is 20.7. The first-order chi connectivity index (χ1) is 9.10. The maximum absolute atomic E-state index is 10.6. The molecule has 0 aliphatic carbocycles. The number of carboxylic acids is 1. The third-order valence-electron chi connectivity index (χ3n) is 3.58. The van der Waals surface area contributed by atoms with Gasteiger partial charge in [-0.05, 0) is 13.5 Å². The van der Waals surface area contributed by atoms with Gasteiger partial charge < -0.3 is 10.0 Å². The van der Waals surface area contributed by atoms with E-state index in [2.05, 4.69) is 28.6 Å². The van der Waals surface area contributed by atoms with Crippen molar-refractivity contribution >= 4 is 22.4 Å². The highest BCUT2D eigenvalue weighted by Crippen LogP contribution is 2.24. The number of aliphatic carboxylic acids is 1. The number of piperazine rings is 1. The summed E-state index contributed by atoms with van der Waals surface area (Å²) >= 11 is 1.62. The van der Waals surface area contributed by atoms with Crippen LogP contribution < -0.4 is 4.90 Å². The predicted octanol–water partition coefficient (Wildman–Crippen LogP) is 1.69. The van der Waals surface area contributed by atoms with E-state index in [1.54, 1.807) is 11.3 Å². The zero-order chi connectivity index (χ0) is 13.8. The second-order valence-corrected chi connectivity index (χ2v) is 5.78. The van der Waals surface area contributed by atoms with E-state index in [0.717, 1.165) is 37.0 Å². The highest BCUT2D eigenvalue weighted by molar-refractivity contribution is 7.13. The van der Waals surface area contributed by atoms with Crippen molar-refractivity contribution in [1.29, 1.82) is 0 Å². The maximum Gasteiger partial charge on any atom is 0.303 e. The van der Waals surface area contributed by atoms with Crippen molar-refractivity contribution in [1.82, 2.24) is 9.88 Å². The number of carbonyl (C=O) groups is 1. The number of aryl methyl sites for hydroxylation is 1. The molecule has 1 aliphatic heterocycles. The number of rotatable bonds is 5. The Morgan fingerprint density at radius 2 is 2.37 bits per heavy atom. The van der Waals surface area contributed by atoms with Gasteiger partial charge in [-0.3, -0.25) is 9.69 Å². The van der Waals surface area contributed by atoms with E-state index in [4.69, 9.17) is 5.11 Å². The Labute approximate surface area is 117 Å². The van der Waals surface area contributed by atoms with Crippen molar-refractivity contribution in [3.8, 4) is 0 Å². The molecule has 2 heterocycles. The first-order valence-electron chi connectivity index (χ1n) is 6.75. The SMILES string of the molecule is CCN1CCN(c2nc(CCC(=O)O)cs2)CC1C. The molecule has 0 aromatic carbocycles. The Bertz CT molecular complexity index is 435. The Hall–Kier alpha value is -1.14. The molecule has 6 heteroatoms. The topological polar surface area (TPSA) is 56.7 Å². The average molecular weight is 283 g/mol. The molecule has 1 saturated heterocycles. The Balaban J connectivity index is 1.94. The number of hydrogen-bond donors (Lipinski definition) is 1. The summed E-state index contributed by atoms with van der Waals surface area (Å²) in [6, 6.07) is 0.546. The number of anilines is 1. The summed E-state index contributed by atoms with van der Waals surface area (Å²) in [5.41, 5.74) is 0.896. The lowest BCUT2D eigenvalue weighted by atomic mass is 10.2. The van der Waals surface area contributed by atoms with E-state index >= 15 is 0 Å². The third-order valence-corrected chi connectivity index (χ3v) is 4.53. The fraction of sp³-hybridized carbons (Fsp3) is 0.692. The minimum atomic E-state index is -0.764. The number of thiazole rings is 1. The molecule has 1 aliphatic rings. The van der Waals surface area contributed by atoms with Crippen molar-refractivity contribution < 1.29 is 9.90 Å². The van der Waals surface area contributed by atoms with Crippen molar-refractivity contribution in [3.63, 3.8) is 0 Å². The van der Waals surface area contributed by atoms with Gasteiger partial charge in [-0.2, -0.15) is 0 Å². The molecule has 1 unspecified atom stereocenters. The van der Waals surface area contributed by atoms with Crippen LogP contribution in [0.1, 0.15) is 26.0 Å². The van der Waals surface area contributed by atoms with E-state index in [0.29, 0.717) is 12.5 Å². The highest BCUT2D eigenvalue weighted by Gasteiger charge is 2.24. The van der Waals surface area contributed by atoms with Gasteiger partial charge in [0.05, 0.1) is 12.1 Å². The van der Waals surface area contributed by atoms with E-state index < -0.39 is 5.97 Å². The summed E-state index contributed by atoms with van der Waals surface area (Å²) < 4.78 is 0. The minimum absolute atomic E-state index is 0.156. The van der Waals surface area contributed by atoms with Gasteiger partial charge in [0, 0.05) is 37.5 Å². The molecule has 0 spiro atoms. The van der Waals surface area contributed by atoms with Gasteiger partial charge >= 0.3 is 5.97 Å².